The van der Waals surface area contributed by atoms with Crippen molar-refractivity contribution in [1.29, 1.82) is 0 Å². The van der Waals surface area contributed by atoms with Crippen molar-refractivity contribution in [2.75, 3.05) is 26.2 Å². The number of nitrogens with zero attached hydrogens (tertiary/aromatic N) is 3. The maximum atomic E-state index is 13.3. The van der Waals surface area contributed by atoms with Gasteiger partial charge in [-0.25, -0.2) is 4.98 Å². The first kappa shape index (κ1) is 22.3. The molecule has 2 heterocycles. The topological polar surface area (TPSA) is 52.2 Å². The summed E-state index contributed by atoms with van der Waals surface area (Å²) >= 11 is 0. The summed E-state index contributed by atoms with van der Waals surface area (Å²) < 4.78 is 0. The zero-order valence-electron chi connectivity index (χ0n) is 20.0. The van der Waals surface area contributed by atoms with Gasteiger partial charge in [0.2, 0.25) is 0 Å². The van der Waals surface area contributed by atoms with E-state index in [-0.39, 0.29) is 11.9 Å². The minimum atomic E-state index is 0.0850. The van der Waals surface area contributed by atoms with Crippen LogP contribution in [0.25, 0.3) is 22.4 Å². The van der Waals surface area contributed by atoms with Crippen molar-refractivity contribution in [3.05, 3.63) is 126 Å². The zero-order valence-corrected chi connectivity index (χ0v) is 20.0. The lowest BCUT2D eigenvalue weighted by molar-refractivity contribution is 0.0597. The molecule has 0 atom stereocenters. The highest BCUT2D eigenvalue weighted by molar-refractivity contribution is 5.94. The minimum Gasteiger partial charge on any atom is -0.338 e. The van der Waals surface area contributed by atoms with E-state index in [9.17, 15) is 4.79 Å². The van der Waals surface area contributed by atoms with Gasteiger partial charge in [-0.2, -0.15) is 0 Å². The van der Waals surface area contributed by atoms with Gasteiger partial charge >= 0.3 is 0 Å². The number of fused-ring (bicyclic) bond motifs is 1. The van der Waals surface area contributed by atoms with E-state index in [4.69, 9.17) is 0 Å². The first-order valence-electron chi connectivity index (χ1n) is 12.4. The van der Waals surface area contributed by atoms with Crippen LogP contribution in [0.2, 0.25) is 0 Å². The summed E-state index contributed by atoms with van der Waals surface area (Å²) in [6.45, 7) is 3.08. The molecule has 36 heavy (non-hydrogen) atoms. The van der Waals surface area contributed by atoms with Gasteiger partial charge in [-0.05, 0) is 35.4 Å². The Kier molecular flexibility index (Phi) is 6.06. The predicted molar refractivity (Wildman–Crippen MR) is 144 cm³/mol. The van der Waals surface area contributed by atoms with Gasteiger partial charge in [-0.3, -0.25) is 9.69 Å². The molecular weight excluding hydrogens is 444 g/mol. The van der Waals surface area contributed by atoms with Crippen LogP contribution in [-0.4, -0.2) is 51.9 Å². The first-order chi connectivity index (χ1) is 17.8. The summed E-state index contributed by atoms with van der Waals surface area (Å²) in [5, 5.41) is 0. The number of aromatic amines is 1. The number of hydrogen-bond donors (Lipinski definition) is 1. The largest absolute Gasteiger partial charge is 0.338 e. The molecule has 0 aliphatic carbocycles. The van der Waals surface area contributed by atoms with Crippen molar-refractivity contribution in [3.8, 4) is 11.4 Å². The molecule has 1 N–H and O–H groups in total. The number of benzene rings is 4. The monoisotopic (exact) mass is 472 g/mol. The number of para-hydroxylation sites is 2. The van der Waals surface area contributed by atoms with E-state index >= 15 is 0 Å². The fourth-order valence-corrected chi connectivity index (χ4v) is 5.11. The number of piperazine rings is 1. The lowest BCUT2D eigenvalue weighted by atomic mass is 9.96. The van der Waals surface area contributed by atoms with Gasteiger partial charge in [0.25, 0.3) is 5.91 Å². The summed E-state index contributed by atoms with van der Waals surface area (Å²) in [6, 6.07) is 37.2. The molecule has 1 fully saturated rings. The van der Waals surface area contributed by atoms with Gasteiger partial charge < -0.3 is 9.88 Å². The van der Waals surface area contributed by atoms with Crippen LogP contribution >= 0.6 is 0 Å². The minimum absolute atomic E-state index is 0.0850. The third-order valence-electron chi connectivity index (χ3n) is 6.99. The molecule has 6 rings (SSSR count). The maximum absolute atomic E-state index is 13.3. The Bertz CT molecular complexity index is 1380. The van der Waals surface area contributed by atoms with Gasteiger partial charge in [0.1, 0.15) is 5.82 Å². The van der Waals surface area contributed by atoms with Crippen LogP contribution in [-0.2, 0) is 0 Å². The Hall–Kier alpha value is -4.22. The fourth-order valence-electron chi connectivity index (χ4n) is 5.11. The number of hydrogen-bond acceptors (Lipinski definition) is 3. The van der Waals surface area contributed by atoms with Gasteiger partial charge in [-0.15, -0.1) is 0 Å². The SMILES string of the molecule is O=C(c1ccc(-c2nc3ccccc3[nH]2)cc1)N1CCN(C(c2ccccc2)c2ccccc2)CC1. The predicted octanol–water partition coefficient (Wildman–Crippen LogP) is 5.78. The molecular formula is C31H28N4O. The molecule has 0 bridgehead atoms. The number of amides is 1. The Morgan fingerprint density at radius 3 is 1.89 bits per heavy atom. The Labute approximate surface area is 211 Å². The van der Waals surface area contributed by atoms with Gasteiger partial charge in [0, 0.05) is 37.3 Å². The van der Waals surface area contributed by atoms with Crippen molar-refractivity contribution in [3.63, 3.8) is 0 Å². The van der Waals surface area contributed by atoms with E-state index in [1.807, 2.05) is 53.4 Å². The van der Waals surface area contributed by atoms with E-state index in [0.29, 0.717) is 18.7 Å². The van der Waals surface area contributed by atoms with Crippen molar-refractivity contribution >= 4 is 16.9 Å². The highest BCUT2D eigenvalue weighted by Crippen LogP contribution is 2.30. The molecule has 5 aromatic rings. The van der Waals surface area contributed by atoms with Crippen molar-refractivity contribution in [1.82, 2.24) is 19.8 Å². The highest BCUT2D eigenvalue weighted by atomic mass is 16.2. The second-order valence-corrected chi connectivity index (χ2v) is 9.23. The van der Waals surface area contributed by atoms with E-state index in [2.05, 4.69) is 75.5 Å². The van der Waals surface area contributed by atoms with Crippen LogP contribution in [0.15, 0.2) is 109 Å². The quantitative estimate of drug-likeness (QED) is 0.353. The molecule has 0 spiro atoms. The molecule has 0 saturated carbocycles. The van der Waals surface area contributed by atoms with Crippen LogP contribution in [0, 0.1) is 0 Å². The molecule has 4 aromatic carbocycles. The highest BCUT2D eigenvalue weighted by Gasteiger charge is 2.28. The second kappa shape index (κ2) is 9.80. The van der Waals surface area contributed by atoms with Crippen LogP contribution in [0.3, 0.4) is 0 Å². The molecule has 0 unspecified atom stereocenters. The number of rotatable bonds is 5. The van der Waals surface area contributed by atoms with Crippen LogP contribution in [0.4, 0.5) is 0 Å². The standard InChI is InChI=1S/C31H28N4O/c36-31(26-17-15-25(16-18-26)30-32-27-13-7-8-14-28(27)33-30)35-21-19-34(20-22-35)29(23-9-3-1-4-10-23)24-11-5-2-6-12-24/h1-18,29H,19-22H2,(H,32,33). The van der Waals surface area contributed by atoms with E-state index < -0.39 is 0 Å². The van der Waals surface area contributed by atoms with Gasteiger partial charge in [0.05, 0.1) is 17.1 Å². The van der Waals surface area contributed by atoms with Crippen LogP contribution in [0.1, 0.15) is 27.5 Å². The summed E-state index contributed by atoms with van der Waals surface area (Å²) in [6.07, 6.45) is 0. The number of imidazole rings is 1. The van der Waals surface area contributed by atoms with Crippen molar-refractivity contribution < 1.29 is 4.79 Å². The number of carbonyl (C=O) groups excluding carboxylic acids is 1. The van der Waals surface area contributed by atoms with E-state index in [1.165, 1.54) is 11.1 Å². The molecule has 1 saturated heterocycles. The average Bonchev–Trinajstić information content (AvgIpc) is 3.39. The number of aromatic nitrogens is 2. The molecule has 178 valence electrons. The zero-order chi connectivity index (χ0) is 24.3. The molecule has 1 amide bonds. The van der Waals surface area contributed by atoms with Crippen LogP contribution < -0.4 is 0 Å². The molecule has 1 aromatic heterocycles. The molecule has 1 aliphatic heterocycles. The number of nitrogens with one attached hydrogen (secondary N) is 1. The summed E-state index contributed by atoms with van der Waals surface area (Å²) in [7, 11) is 0. The van der Waals surface area contributed by atoms with Crippen LogP contribution in [0.5, 0.6) is 0 Å². The maximum Gasteiger partial charge on any atom is 0.253 e. The summed E-state index contributed by atoms with van der Waals surface area (Å²) in [4.78, 5) is 25.8. The fraction of sp³-hybridized carbons (Fsp3) is 0.161. The van der Waals surface area contributed by atoms with E-state index in [0.717, 1.165) is 35.5 Å². The second-order valence-electron chi connectivity index (χ2n) is 9.23. The molecule has 0 radical (unpaired) electrons. The summed E-state index contributed by atoms with van der Waals surface area (Å²) in [5.41, 5.74) is 6.20. The van der Waals surface area contributed by atoms with E-state index in [1.54, 1.807) is 0 Å². The Morgan fingerprint density at radius 2 is 1.28 bits per heavy atom. The molecule has 5 heteroatoms. The van der Waals surface area contributed by atoms with Crippen molar-refractivity contribution in [2.45, 2.75) is 6.04 Å². The Balaban J connectivity index is 1.15. The normalized spacial score (nSPS) is 14.4. The summed E-state index contributed by atoms with van der Waals surface area (Å²) in [5.74, 6) is 0.901. The van der Waals surface area contributed by atoms with Crippen molar-refractivity contribution in [2.24, 2.45) is 0 Å². The lowest BCUT2D eigenvalue weighted by Crippen LogP contribution is -2.49. The smallest absolute Gasteiger partial charge is 0.253 e. The van der Waals surface area contributed by atoms with Gasteiger partial charge in [-0.1, -0.05) is 84.9 Å². The average molecular weight is 473 g/mol. The lowest BCUT2D eigenvalue weighted by Gasteiger charge is -2.39. The Morgan fingerprint density at radius 1 is 0.694 bits per heavy atom. The molecule has 1 aliphatic rings. The van der Waals surface area contributed by atoms with Gasteiger partial charge in [0.15, 0.2) is 0 Å². The third kappa shape index (κ3) is 4.41. The third-order valence-corrected chi connectivity index (χ3v) is 6.99. The number of H-pyrrole nitrogens is 1. The number of carbonyl (C=O) groups is 1. The first-order valence-corrected chi connectivity index (χ1v) is 12.4. The molecule has 5 nitrogen and oxygen atoms in total.